The van der Waals surface area contributed by atoms with Crippen molar-refractivity contribution in [2.45, 2.75) is 109 Å². The molecule has 3 aliphatic rings. The number of fused-ring (bicyclic) bond motifs is 3. The third-order valence-electron chi connectivity index (χ3n) is 8.56. The summed E-state index contributed by atoms with van der Waals surface area (Å²) >= 11 is 0. The van der Waals surface area contributed by atoms with Gasteiger partial charge in [0.15, 0.2) is 11.6 Å². The van der Waals surface area contributed by atoms with Crippen LogP contribution in [0.25, 0.3) is 11.4 Å². The summed E-state index contributed by atoms with van der Waals surface area (Å²) in [5, 5.41) is 0. The van der Waals surface area contributed by atoms with Crippen LogP contribution < -0.4 is 4.74 Å². The van der Waals surface area contributed by atoms with Gasteiger partial charge in [-0.1, -0.05) is 88.8 Å². The Bertz CT molecular complexity index is 876. The topological polar surface area (TPSA) is 35.0 Å². The van der Waals surface area contributed by atoms with Crippen molar-refractivity contribution in [3.63, 3.8) is 0 Å². The third-order valence-corrected chi connectivity index (χ3v) is 8.56. The molecule has 0 unspecified atom stereocenters. The van der Waals surface area contributed by atoms with Gasteiger partial charge in [-0.05, 0) is 67.8 Å². The first kappa shape index (κ1) is 24.9. The molecule has 1 aromatic carbocycles. The molecule has 184 valence electrons. The number of hydrogen-bond acceptors (Lipinski definition) is 3. The van der Waals surface area contributed by atoms with Gasteiger partial charge in [-0.2, -0.15) is 0 Å². The lowest BCUT2D eigenvalue weighted by molar-refractivity contribution is 0.0304. The summed E-state index contributed by atoms with van der Waals surface area (Å²) in [5.74, 6) is 1.49. The quantitative estimate of drug-likeness (QED) is 0.221. The highest BCUT2D eigenvalue weighted by Gasteiger charge is 2.48. The van der Waals surface area contributed by atoms with E-state index in [9.17, 15) is 0 Å². The fraction of sp³-hybridized carbons (Fsp3) is 0.613. The number of aromatic nitrogens is 2. The Labute approximate surface area is 207 Å². The van der Waals surface area contributed by atoms with Crippen molar-refractivity contribution in [3.05, 3.63) is 54.4 Å². The lowest BCUT2D eigenvalue weighted by Crippen LogP contribution is -2.44. The number of rotatable bonds is 13. The fourth-order valence-electron chi connectivity index (χ4n) is 6.18. The van der Waals surface area contributed by atoms with E-state index in [-0.39, 0.29) is 0 Å². The molecule has 34 heavy (non-hydrogen) atoms. The lowest BCUT2D eigenvalue weighted by Gasteiger charge is -2.54. The molecule has 3 nitrogen and oxygen atoms in total. The largest absolute Gasteiger partial charge is 0.486 e. The maximum absolute atomic E-state index is 5.71. The number of ether oxygens (including phenoxy) is 1. The van der Waals surface area contributed by atoms with Crippen LogP contribution in [0.4, 0.5) is 0 Å². The van der Waals surface area contributed by atoms with Gasteiger partial charge in [-0.15, -0.1) is 0 Å². The van der Waals surface area contributed by atoms with Crippen LogP contribution in [-0.4, -0.2) is 16.6 Å². The first-order valence-corrected chi connectivity index (χ1v) is 13.9. The van der Waals surface area contributed by atoms with Crippen molar-refractivity contribution >= 4 is 0 Å². The van der Waals surface area contributed by atoms with E-state index in [1.54, 1.807) is 12.4 Å². The maximum atomic E-state index is 5.71. The van der Waals surface area contributed by atoms with Crippen LogP contribution in [0, 0.1) is 5.41 Å². The second-order valence-corrected chi connectivity index (χ2v) is 10.8. The Morgan fingerprint density at radius 1 is 0.794 bits per heavy atom. The number of nitrogens with zero attached hydrogens (tertiary/aromatic N) is 2. The number of benzene rings is 1. The molecule has 3 aliphatic carbocycles. The Morgan fingerprint density at radius 3 is 2.12 bits per heavy atom. The van der Waals surface area contributed by atoms with Crippen molar-refractivity contribution in [3.8, 4) is 17.1 Å². The van der Waals surface area contributed by atoms with E-state index in [1.807, 2.05) is 0 Å². The van der Waals surface area contributed by atoms with E-state index in [1.165, 1.54) is 82.6 Å². The molecule has 0 aliphatic heterocycles. The summed E-state index contributed by atoms with van der Waals surface area (Å²) in [4.78, 5) is 9.09. The fourth-order valence-corrected chi connectivity index (χ4v) is 6.18. The van der Waals surface area contributed by atoms with Crippen LogP contribution >= 0.6 is 0 Å². The predicted octanol–water partition coefficient (Wildman–Crippen LogP) is 8.83. The molecule has 0 spiro atoms. The maximum Gasteiger partial charge on any atom is 0.159 e. The molecule has 2 bridgehead atoms. The summed E-state index contributed by atoms with van der Waals surface area (Å²) in [7, 11) is 0. The normalized spacial score (nSPS) is 24.1. The third kappa shape index (κ3) is 6.09. The molecular weight excluding hydrogens is 416 g/mol. The summed E-state index contributed by atoms with van der Waals surface area (Å²) in [5.41, 5.74) is 3.69. The Hall–Kier alpha value is -2.16. The van der Waals surface area contributed by atoms with E-state index in [4.69, 9.17) is 4.74 Å². The van der Waals surface area contributed by atoms with Crippen molar-refractivity contribution < 1.29 is 4.74 Å². The molecule has 1 aromatic heterocycles. The highest BCUT2D eigenvalue weighted by atomic mass is 16.5. The molecule has 3 heteroatoms. The first-order valence-electron chi connectivity index (χ1n) is 13.9. The van der Waals surface area contributed by atoms with E-state index in [0.717, 1.165) is 30.0 Å². The van der Waals surface area contributed by atoms with Gasteiger partial charge in [-0.25, -0.2) is 9.97 Å². The molecule has 3 saturated carbocycles. The number of unbranched alkanes of at least 4 members (excludes halogenated alkanes) is 5. The van der Waals surface area contributed by atoms with E-state index in [2.05, 4.69) is 60.2 Å². The van der Waals surface area contributed by atoms with Crippen molar-refractivity contribution in [2.24, 2.45) is 5.41 Å². The minimum absolute atomic E-state index is 0.409. The van der Waals surface area contributed by atoms with Gasteiger partial charge >= 0.3 is 0 Å². The van der Waals surface area contributed by atoms with E-state index in [0.29, 0.717) is 17.4 Å². The molecule has 0 radical (unpaired) electrons. The summed E-state index contributed by atoms with van der Waals surface area (Å²) in [6, 6.07) is 9.14. The SMILES string of the molecule is CCC/C=C/COc1cnc(-c2ccc(C34CCC(CCCCCCC)(CC3)CC4)cc2)nc1. The van der Waals surface area contributed by atoms with Crippen molar-refractivity contribution in [1.29, 1.82) is 0 Å². The zero-order valence-corrected chi connectivity index (χ0v) is 21.5. The predicted molar refractivity (Wildman–Crippen MR) is 142 cm³/mol. The minimum atomic E-state index is 0.409. The van der Waals surface area contributed by atoms with Crippen molar-refractivity contribution in [1.82, 2.24) is 9.97 Å². The smallest absolute Gasteiger partial charge is 0.159 e. The molecule has 3 fully saturated rings. The van der Waals surface area contributed by atoms with Gasteiger partial charge in [-0.3, -0.25) is 0 Å². The van der Waals surface area contributed by atoms with Crippen molar-refractivity contribution in [2.75, 3.05) is 6.61 Å². The monoisotopic (exact) mass is 460 g/mol. The highest BCUT2D eigenvalue weighted by molar-refractivity contribution is 5.56. The van der Waals surface area contributed by atoms with E-state index >= 15 is 0 Å². The molecule has 0 amide bonds. The van der Waals surface area contributed by atoms with Gasteiger partial charge in [0.1, 0.15) is 6.61 Å². The summed E-state index contributed by atoms with van der Waals surface area (Å²) in [6.45, 7) is 5.05. The number of hydrogen-bond donors (Lipinski definition) is 0. The van der Waals surface area contributed by atoms with Crippen LogP contribution in [0.2, 0.25) is 0 Å². The minimum Gasteiger partial charge on any atom is -0.486 e. The zero-order chi connectivity index (χ0) is 23.7. The van der Waals surface area contributed by atoms with Gasteiger partial charge in [0.25, 0.3) is 0 Å². The Morgan fingerprint density at radius 2 is 1.47 bits per heavy atom. The second kappa shape index (κ2) is 12.0. The second-order valence-electron chi connectivity index (χ2n) is 10.8. The van der Waals surface area contributed by atoms with Gasteiger partial charge in [0.2, 0.25) is 0 Å². The molecule has 5 rings (SSSR count). The van der Waals surface area contributed by atoms with Crippen LogP contribution in [-0.2, 0) is 5.41 Å². The lowest BCUT2D eigenvalue weighted by atomic mass is 9.51. The first-order chi connectivity index (χ1) is 16.7. The molecule has 0 atom stereocenters. The van der Waals surface area contributed by atoms with Gasteiger partial charge in [0.05, 0.1) is 12.4 Å². The van der Waals surface area contributed by atoms with Crippen LogP contribution in [0.3, 0.4) is 0 Å². The highest BCUT2D eigenvalue weighted by Crippen LogP contribution is 2.59. The number of allylic oxidation sites excluding steroid dienone is 1. The van der Waals surface area contributed by atoms with E-state index < -0.39 is 0 Å². The van der Waals surface area contributed by atoms with Crippen LogP contribution in [0.1, 0.15) is 109 Å². The summed E-state index contributed by atoms with van der Waals surface area (Å²) < 4.78 is 5.71. The molecule has 0 saturated heterocycles. The molecular formula is C31H44N2O. The Kier molecular flexibility index (Phi) is 8.80. The van der Waals surface area contributed by atoms with Crippen LogP contribution in [0.5, 0.6) is 5.75 Å². The average molecular weight is 461 g/mol. The average Bonchev–Trinajstić information content (AvgIpc) is 2.90. The molecule has 0 N–H and O–H groups in total. The molecule has 2 aromatic rings. The zero-order valence-electron chi connectivity index (χ0n) is 21.5. The van der Waals surface area contributed by atoms with Crippen LogP contribution in [0.15, 0.2) is 48.8 Å². The Balaban J connectivity index is 1.30. The summed E-state index contributed by atoms with van der Waals surface area (Å²) in [6.07, 6.45) is 27.0. The van der Waals surface area contributed by atoms with Gasteiger partial charge in [0, 0.05) is 5.56 Å². The standard InChI is InChI=1S/C31H44N2O/c1-3-5-7-9-10-16-30-17-20-31(21-18-30,22-19-30)27-14-12-26(13-15-27)29-32-24-28(25-33-29)34-23-11-8-6-4-2/h8,11-15,24-25H,3-7,9-10,16-23H2,1-2H3/b11-8+. The molecule has 1 heterocycles. The van der Waals surface area contributed by atoms with Gasteiger partial charge < -0.3 is 4.74 Å².